The highest BCUT2D eigenvalue weighted by Crippen LogP contribution is 2.15. The molecule has 1 heterocycles. The molecular formula is C16H26N2O. The third-order valence-corrected chi connectivity index (χ3v) is 3.78. The van der Waals surface area contributed by atoms with Crippen LogP contribution in [0.1, 0.15) is 18.4 Å². The van der Waals surface area contributed by atoms with Gasteiger partial charge in [0.2, 0.25) is 0 Å². The Kier molecular flexibility index (Phi) is 6.34. The number of nitrogens with zero attached hydrogens (tertiary/aromatic N) is 1. The van der Waals surface area contributed by atoms with Crippen molar-refractivity contribution in [2.75, 3.05) is 39.4 Å². The minimum Gasteiger partial charge on any atom is -0.381 e. The zero-order chi connectivity index (χ0) is 13.3. The second kappa shape index (κ2) is 8.31. The van der Waals surface area contributed by atoms with E-state index in [2.05, 4.69) is 35.2 Å². The third-order valence-electron chi connectivity index (χ3n) is 3.78. The molecule has 1 aliphatic heterocycles. The molecule has 2 N–H and O–H groups in total. The molecule has 3 heteroatoms. The molecule has 0 aromatic heterocycles. The van der Waals surface area contributed by atoms with E-state index < -0.39 is 0 Å². The summed E-state index contributed by atoms with van der Waals surface area (Å²) in [5.41, 5.74) is 7.14. The molecular weight excluding hydrogens is 236 g/mol. The van der Waals surface area contributed by atoms with Crippen LogP contribution in [0.3, 0.4) is 0 Å². The van der Waals surface area contributed by atoms with Crippen LogP contribution >= 0.6 is 0 Å². The maximum atomic E-state index is 5.73. The Labute approximate surface area is 116 Å². The van der Waals surface area contributed by atoms with E-state index in [1.165, 1.54) is 18.4 Å². The molecule has 0 spiro atoms. The highest BCUT2D eigenvalue weighted by atomic mass is 16.5. The topological polar surface area (TPSA) is 38.5 Å². The minimum atomic E-state index is 0.691. The number of nitrogens with two attached hydrogens (primary N) is 1. The molecule has 1 aromatic carbocycles. The van der Waals surface area contributed by atoms with Gasteiger partial charge in [0.15, 0.2) is 0 Å². The molecule has 106 valence electrons. The quantitative estimate of drug-likeness (QED) is 0.816. The van der Waals surface area contributed by atoms with Gasteiger partial charge in [-0.05, 0) is 30.7 Å². The Morgan fingerprint density at radius 1 is 1.21 bits per heavy atom. The first-order valence-corrected chi connectivity index (χ1v) is 7.42. The standard InChI is InChI=1S/C16H26N2O/c17-9-11-18(13-16-7-4-12-19-14-16)10-8-15-5-2-1-3-6-15/h1-3,5-6,16H,4,7-14,17H2. The maximum Gasteiger partial charge on any atom is 0.0506 e. The van der Waals surface area contributed by atoms with Crippen molar-refractivity contribution < 1.29 is 4.74 Å². The van der Waals surface area contributed by atoms with Crippen molar-refractivity contribution in [1.82, 2.24) is 4.90 Å². The molecule has 1 aliphatic rings. The molecule has 1 saturated heterocycles. The van der Waals surface area contributed by atoms with E-state index in [0.717, 1.165) is 45.8 Å². The Hall–Kier alpha value is -0.900. The van der Waals surface area contributed by atoms with E-state index >= 15 is 0 Å². The summed E-state index contributed by atoms with van der Waals surface area (Å²) < 4.78 is 5.57. The lowest BCUT2D eigenvalue weighted by Crippen LogP contribution is -2.37. The monoisotopic (exact) mass is 262 g/mol. The van der Waals surface area contributed by atoms with Gasteiger partial charge in [-0.15, -0.1) is 0 Å². The Morgan fingerprint density at radius 3 is 2.74 bits per heavy atom. The summed E-state index contributed by atoms with van der Waals surface area (Å²) in [6, 6.07) is 10.7. The normalized spacial score (nSPS) is 19.8. The number of hydrogen-bond donors (Lipinski definition) is 1. The molecule has 3 nitrogen and oxygen atoms in total. The lowest BCUT2D eigenvalue weighted by molar-refractivity contribution is 0.0390. The number of rotatable bonds is 7. The second-order valence-electron chi connectivity index (χ2n) is 5.41. The van der Waals surface area contributed by atoms with Crippen LogP contribution in [0.4, 0.5) is 0 Å². The highest BCUT2D eigenvalue weighted by molar-refractivity contribution is 5.14. The first kappa shape index (κ1) is 14.5. The fraction of sp³-hybridized carbons (Fsp3) is 0.625. The van der Waals surface area contributed by atoms with Crippen molar-refractivity contribution in [1.29, 1.82) is 0 Å². The smallest absolute Gasteiger partial charge is 0.0506 e. The van der Waals surface area contributed by atoms with Crippen LogP contribution in [-0.4, -0.2) is 44.3 Å². The van der Waals surface area contributed by atoms with Gasteiger partial charge in [0.05, 0.1) is 6.61 Å². The van der Waals surface area contributed by atoms with Crippen LogP contribution in [0, 0.1) is 5.92 Å². The van der Waals surface area contributed by atoms with E-state index in [-0.39, 0.29) is 0 Å². The van der Waals surface area contributed by atoms with Crippen molar-refractivity contribution in [3.63, 3.8) is 0 Å². The van der Waals surface area contributed by atoms with Gasteiger partial charge >= 0.3 is 0 Å². The van der Waals surface area contributed by atoms with Crippen molar-refractivity contribution >= 4 is 0 Å². The van der Waals surface area contributed by atoms with E-state index in [0.29, 0.717) is 5.92 Å². The molecule has 0 radical (unpaired) electrons. The molecule has 1 aromatic rings. The summed E-state index contributed by atoms with van der Waals surface area (Å²) >= 11 is 0. The second-order valence-corrected chi connectivity index (χ2v) is 5.41. The van der Waals surface area contributed by atoms with Crippen molar-refractivity contribution in [3.8, 4) is 0 Å². The molecule has 0 amide bonds. The summed E-state index contributed by atoms with van der Waals surface area (Å²) in [5.74, 6) is 0.691. The van der Waals surface area contributed by atoms with Gasteiger partial charge in [-0.2, -0.15) is 0 Å². The van der Waals surface area contributed by atoms with E-state index in [1.54, 1.807) is 0 Å². The van der Waals surface area contributed by atoms with Gasteiger partial charge in [-0.25, -0.2) is 0 Å². The Bertz CT molecular complexity index is 336. The van der Waals surface area contributed by atoms with Crippen molar-refractivity contribution in [3.05, 3.63) is 35.9 Å². The van der Waals surface area contributed by atoms with Gasteiger partial charge in [0, 0.05) is 32.8 Å². The SMILES string of the molecule is NCCN(CCc1ccccc1)CC1CCCOC1. The summed E-state index contributed by atoms with van der Waals surface area (Å²) in [4.78, 5) is 2.49. The molecule has 0 saturated carbocycles. The van der Waals surface area contributed by atoms with E-state index in [9.17, 15) is 0 Å². The first-order chi connectivity index (χ1) is 9.38. The molecule has 0 aliphatic carbocycles. The average Bonchev–Trinajstić information content (AvgIpc) is 2.47. The number of benzene rings is 1. The fourth-order valence-electron chi connectivity index (χ4n) is 2.73. The summed E-state index contributed by atoms with van der Waals surface area (Å²) in [5, 5.41) is 0. The van der Waals surface area contributed by atoms with Crippen LogP contribution < -0.4 is 5.73 Å². The van der Waals surface area contributed by atoms with Crippen molar-refractivity contribution in [2.24, 2.45) is 11.7 Å². The van der Waals surface area contributed by atoms with E-state index in [1.807, 2.05) is 0 Å². The van der Waals surface area contributed by atoms with Gasteiger partial charge < -0.3 is 15.4 Å². The van der Waals surface area contributed by atoms with Crippen LogP contribution in [-0.2, 0) is 11.2 Å². The van der Waals surface area contributed by atoms with Crippen LogP contribution in [0.15, 0.2) is 30.3 Å². The van der Waals surface area contributed by atoms with E-state index in [4.69, 9.17) is 10.5 Å². The molecule has 0 bridgehead atoms. The Balaban J connectivity index is 1.78. The zero-order valence-electron chi connectivity index (χ0n) is 11.8. The molecule has 1 fully saturated rings. The van der Waals surface area contributed by atoms with Gasteiger partial charge in [-0.3, -0.25) is 0 Å². The maximum absolute atomic E-state index is 5.73. The van der Waals surface area contributed by atoms with Crippen LogP contribution in [0.25, 0.3) is 0 Å². The van der Waals surface area contributed by atoms with Gasteiger partial charge in [-0.1, -0.05) is 30.3 Å². The summed E-state index contributed by atoms with van der Waals surface area (Å²) in [6.45, 7) is 5.82. The Morgan fingerprint density at radius 2 is 2.05 bits per heavy atom. The zero-order valence-corrected chi connectivity index (χ0v) is 11.8. The average molecular weight is 262 g/mol. The minimum absolute atomic E-state index is 0.691. The number of ether oxygens (including phenoxy) is 1. The van der Waals surface area contributed by atoms with Crippen LogP contribution in [0.2, 0.25) is 0 Å². The fourth-order valence-corrected chi connectivity index (χ4v) is 2.73. The summed E-state index contributed by atoms with van der Waals surface area (Å²) in [6.07, 6.45) is 3.61. The first-order valence-electron chi connectivity index (χ1n) is 7.42. The lowest BCUT2D eigenvalue weighted by Gasteiger charge is -2.29. The molecule has 19 heavy (non-hydrogen) atoms. The van der Waals surface area contributed by atoms with Crippen LogP contribution in [0.5, 0.6) is 0 Å². The lowest BCUT2D eigenvalue weighted by atomic mass is 10.0. The molecule has 1 atom stereocenters. The largest absolute Gasteiger partial charge is 0.381 e. The third kappa shape index (κ3) is 5.31. The highest BCUT2D eigenvalue weighted by Gasteiger charge is 2.17. The number of hydrogen-bond acceptors (Lipinski definition) is 3. The molecule has 2 rings (SSSR count). The van der Waals surface area contributed by atoms with Gasteiger partial charge in [0.1, 0.15) is 0 Å². The summed E-state index contributed by atoms with van der Waals surface area (Å²) in [7, 11) is 0. The predicted octanol–water partition coefficient (Wildman–Crippen LogP) is 1.92. The molecule has 1 unspecified atom stereocenters. The van der Waals surface area contributed by atoms with Crippen molar-refractivity contribution in [2.45, 2.75) is 19.3 Å². The van der Waals surface area contributed by atoms with Gasteiger partial charge in [0.25, 0.3) is 0 Å². The predicted molar refractivity (Wildman–Crippen MR) is 79.2 cm³/mol.